The van der Waals surface area contributed by atoms with E-state index < -0.39 is 0 Å². The first-order valence-corrected chi connectivity index (χ1v) is 9.75. The molecule has 2 amide bonds. The van der Waals surface area contributed by atoms with E-state index in [-0.39, 0.29) is 17.5 Å². The van der Waals surface area contributed by atoms with Gasteiger partial charge in [-0.1, -0.05) is 31.4 Å². The number of benzene rings is 1. The standard InChI is InChI=1S/C21H27N3O2/c1-2-26-19-13-18(21(19)10-4-3-5-11-21)24-20(25)23-17-8-6-7-15-14-22-12-9-16(15)17/h6-9,12,14,18-19H,2-5,10-11,13H2,1H3,(H2,23,24,25)/t18-,19+/m1/s1. The Morgan fingerprint density at radius 1 is 1.27 bits per heavy atom. The first-order chi connectivity index (χ1) is 12.7. The minimum Gasteiger partial charge on any atom is -0.378 e. The molecule has 0 saturated heterocycles. The Morgan fingerprint density at radius 2 is 2.12 bits per heavy atom. The van der Waals surface area contributed by atoms with Gasteiger partial charge in [0.05, 0.1) is 11.8 Å². The van der Waals surface area contributed by atoms with Crippen LogP contribution in [0.3, 0.4) is 0 Å². The second kappa shape index (κ2) is 7.23. The molecule has 0 bridgehead atoms. The lowest BCUT2D eigenvalue weighted by Crippen LogP contribution is -2.65. The van der Waals surface area contributed by atoms with Gasteiger partial charge in [0.15, 0.2) is 0 Å². The summed E-state index contributed by atoms with van der Waals surface area (Å²) in [5.74, 6) is 0. The first kappa shape index (κ1) is 17.3. The van der Waals surface area contributed by atoms with Crippen LogP contribution in [-0.4, -0.2) is 29.8 Å². The predicted molar refractivity (Wildman–Crippen MR) is 103 cm³/mol. The van der Waals surface area contributed by atoms with Gasteiger partial charge in [-0.15, -0.1) is 0 Å². The van der Waals surface area contributed by atoms with E-state index in [1.165, 1.54) is 19.3 Å². The minimum atomic E-state index is -0.126. The molecule has 2 atom stereocenters. The van der Waals surface area contributed by atoms with Crippen molar-refractivity contribution in [1.82, 2.24) is 10.3 Å². The second-order valence-electron chi connectivity index (χ2n) is 7.53. The van der Waals surface area contributed by atoms with Crippen molar-refractivity contribution in [3.63, 3.8) is 0 Å². The highest BCUT2D eigenvalue weighted by Gasteiger charge is 2.56. The average Bonchev–Trinajstić information content (AvgIpc) is 2.68. The number of pyridine rings is 1. The molecule has 2 N–H and O–H groups in total. The van der Waals surface area contributed by atoms with E-state index in [1.54, 1.807) is 6.20 Å². The van der Waals surface area contributed by atoms with Crippen molar-refractivity contribution in [3.05, 3.63) is 36.7 Å². The van der Waals surface area contributed by atoms with Gasteiger partial charge in [-0.2, -0.15) is 0 Å². The third-order valence-electron chi connectivity index (χ3n) is 6.17. The molecule has 2 saturated carbocycles. The number of carbonyl (C=O) groups excluding carboxylic acids is 1. The number of aromatic nitrogens is 1. The number of hydrogen-bond acceptors (Lipinski definition) is 3. The van der Waals surface area contributed by atoms with Gasteiger partial charge in [-0.05, 0) is 38.3 Å². The number of amides is 2. The number of nitrogens with one attached hydrogen (secondary N) is 2. The van der Waals surface area contributed by atoms with Crippen molar-refractivity contribution in [3.8, 4) is 0 Å². The van der Waals surface area contributed by atoms with Crippen molar-refractivity contribution in [2.24, 2.45) is 5.41 Å². The maximum atomic E-state index is 12.7. The summed E-state index contributed by atoms with van der Waals surface area (Å²) in [6, 6.07) is 7.89. The maximum Gasteiger partial charge on any atom is 0.319 e. The Hall–Kier alpha value is -2.14. The lowest BCUT2D eigenvalue weighted by atomic mass is 9.55. The third-order valence-corrected chi connectivity index (χ3v) is 6.17. The number of carbonyl (C=O) groups is 1. The van der Waals surface area contributed by atoms with Crippen molar-refractivity contribution in [1.29, 1.82) is 0 Å². The van der Waals surface area contributed by atoms with Crippen LogP contribution in [0.1, 0.15) is 45.4 Å². The molecule has 0 unspecified atom stereocenters. The zero-order valence-corrected chi connectivity index (χ0v) is 15.3. The van der Waals surface area contributed by atoms with Gasteiger partial charge in [-0.25, -0.2) is 4.79 Å². The molecular weight excluding hydrogens is 326 g/mol. The molecule has 5 heteroatoms. The summed E-state index contributed by atoms with van der Waals surface area (Å²) < 4.78 is 5.98. The van der Waals surface area contributed by atoms with Crippen LogP contribution in [0, 0.1) is 5.41 Å². The van der Waals surface area contributed by atoms with Crippen molar-refractivity contribution < 1.29 is 9.53 Å². The highest BCUT2D eigenvalue weighted by molar-refractivity contribution is 6.01. The number of hydrogen-bond donors (Lipinski definition) is 2. The number of rotatable bonds is 4. The molecule has 0 aliphatic heterocycles. The summed E-state index contributed by atoms with van der Waals surface area (Å²) in [5.41, 5.74) is 0.953. The average molecular weight is 353 g/mol. The molecule has 138 valence electrons. The molecular formula is C21H27N3O2. The van der Waals surface area contributed by atoms with Gasteiger partial charge in [0.2, 0.25) is 0 Å². The van der Waals surface area contributed by atoms with Crippen LogP contribution in [0.15, 0.2) is 36.7 Å². The van der Waals surface area contributed by atoms with Crippen LogP contribution in [0.4, 0.5) is 10.5 Å². The summed E-state index contributed by atoms with van der Waals surface area (Å²) >= 11 is 0. The van der Waals surface area contributed by atoms with E-state index in [2.05, 4.69) is 22.5 Å². The smallest absolute Gasteiger partial charge is 0.319 e. The van der Waals surface area contributed by atoms with E-state index in [1.807, 2.05) is 30.5 Å². The summed E-state index contributed by atoms with van der Waals surface area (Å²) in [6.45, 7) is 2.80. The zero-order chi connectivity index (χ0) is 18.0. The summed E-state index contributed by atoms with van der Waals surface area (Å²) in [6.07, 6.45) is 10.9. The van der Waals surface area contributed by atoms with E-state index in [0.29, 0.717) is 6.10 Å². The Labute approximate surface area is 154 Å². The maximum absolute atomic E-state index is 12.7. The van der Waals surface area contributed by atoms with E-state index in [4.69, 9.17) is 4.74 Å². The Bertz CT molecular complexity index is 780. The highest BCUT2D eigenvalue weighted by atomic mass is 16.5. The first-order valence-electron chi connectivity index (χ1n) is 9.75. The Balaban J connectivity index is 1.46. The molecule has 26 heavy (non-hydrogen) atoms. The van der Waals surface area contributed by atoms with Crippen LogP contribution >= 0.6 is 0 Å². The van der Waals surface area contributed by atoms with Gasteiger partial charge in [0.1, 0.15) is 0 Å². The molecule has 4 rings (SSSR count). The SMILES string of the molecule is CCO[C@H]1C[C@@H](NC(=O)Nc2cccc3cnccc23)C12CCCCC2. The molecule has 2 aromatic rings. The van der Waals surface area contributed by atoms with Gasteiger partial charge >= 0.3 is 6.03 Å². The van der Waals surface area contributed by atoms with Crippen LogP contribution in [-0.2, 0) is 4.74 Å². The Morgan fingerprint density at radius 3 is 2.92 bits per heavy atom. The lowest BCUT2D eigenvalue weighted by Gasteiger charge is -2.57. The number of fused-ring (bicyclic) bond motifs is 1. The van der Waals surface area contributed by atoms with Crippen LogP contribution in [0.2, 0.25) is 0 Å². The molecule has 2 fully saturated rings. The van der Waals surface area contributed by atoms with Gasteiger partial charge in [0.25, 0.3) is 0 Å². The predicted octanol–water partition coefficient (Wildman–Crippen LogP) is 4.48. The van der Waals surface area contributed by atoms with E-state index in [9.17, 15) is 4.79 Å². The van der Waals surface area contributed by atoms with E-state index in [0.717, 1.165) is 42.3 Å². The van der Waals surface area contributed by atoms with Crippen molar-refractivity contribution >= 4 is 22.5 Å². The van der Waals surface area contributed by atoms with Crippen LogP contribution in [0.5, 0.6) is 0 Å². The lowest BCUT2D eigenvalue weighted by molar-refractivity contribution is -0.146. The second-order valence-corrected chi connectivity index (χ2v) is 7.53. The van der Waals surface area contributed by atoms with E-state index >= 15 is 0 Å². The number of urea groups is 1. The van der Waals surface area contributed by atoms with Crippen LogP contribution in [0.25, 0.3) is 10.8 Å². The fourth-order valence-corrected chi connectivity index (χ4v) is 4.81. The normalized spacial score (nSPS) is 24.2. The molecule has 1 heterocycles. The monoisotopic (exact) mass is 353 g/mol. The summed E-state index contributed by atoms with van der Waals surface area (Å²) in [7, 11) is 0. The quantitative estimate of drug-likeness (QED) is 0.851. The molecule has 2 aliphatic carbocycles. The molecule has 1 spiro atoms. The topological polar surface area (TPSA) is 63.2 Å². The molecule has 2 aliphatic rings. The van der Waals surface area contributed by atoms with Crippen molar-refractivity contribution in [2.45, 2.75) is 57.6 Å². The minimum absolute atomic E-state index is 0.126. The molecule has 5 nitrogen and oxygen atoms in total. The number of nitrogens with zero attached hydrogens (tertiary/aromatic N) is 1. The zero-order valence-electron chi connectivity index (χ0n) is 15.3. The van der Waals surface area contributed by atoms with Gasteiger partial charge < -0.3 is 15.4 Å². The molecule has 1 aromatic carbocycles. The van der Waals surface area contributed by atoms with Gasteiger partial charge in [0, 0.05) is 41.2 Å². The Kier molecular flexibility index (Phi) is 4.81. The summed E-state index contributed by atoms with van der Waals surface area (Å²) in [5, 5.41) is 8.29. The van der Waals surface area contributed by atoms with Crippen molar-refractivity contribution in [2.75, 3.05) is 11.9 Å². The largest absolute Gasteiger partial charge is 0.378 e. The van der Waals surface area contributed by atoms with Crippen LogP contribution < -0.4 is 10.6 Å². The number of anilines is 1. The fraction of sp³-hybridized carbons (Fsp3) is 0.524. The number of ether oxygens (including phenoxy) is 1. The molecule has 1 aromatic heterocycles. The highest BCUT2D eigenvalue weighted by Crippen LogP contribution is 2.53. The fourth-order valence-electron chi connectivity index (χ4n) is 4.81. The molecule has 0 radical (unpaired) electrons. The van der Waals surface area contributed by atoms with Gasteiger partial charge in [-0.3, -0.25) is 4.98 Å². The third kappa shape index (κ3) is 3.05. The summed E-state index contributed by atoms with van der Waals surface area (Å²) in [4.78, 5) is 16.8.